The third-order valence-corrected chi connectivity index (χ3v) is 10.8. The molecule has 1 unspecified atom stereocenters. The highest BCUT2D eigenvalue weighted by Crippen LogP contribution is 2.49. The number of carboxylic acids is 1. The number of anilines is 2. The number of para-hydroxylation sites is 1. The number of hydrogen-bond acceptors (Lipinski definition) is 9. The van der Waals surface area contributed by atoms with Gasteiger partial charge in [-0.05, 0) is 59.9 Å². The van der Waals surface area contributed by atoms with Gasteiger partial charge < -0.3 is 14.9 Å². The second-order valence-electron chi connectivity index (χ2n) is 14.1. The Balaban J connectivity index is 1.45. The van der Waals surface area contributed by atoms with Crippen molar-refractivity contribution in [2.75, 3.05) is 16.3 Å². The van der Waals surface area contributed by atoms with E-state index in [4.69, 9.17) is 5.11 Å². The van der Waals surface area contributed by atoms with Crippen molar-refractivity contribution in [3.63, 3.8) is 0 Å². The van der Waals surface area contributed by atoms with E-state index in [0.29, 0.717) is 31.4 Å². The molecule has 0 amide bonds. The molecule has 2 aliphatic rings. The first-order valence-corrected chi connectivity index (χ1v) is 18.3. The average molecular weight is 731 g/mol. The Bertz CT molecular complexity index is 2070. The minimum absolute atomic E-state index is 0.0864. The number of nitro benzene ring substituents is 2. The first kappa shape index (κ1) is 37.9. The van der Waals surface area contributed by atoms with E-state index in [2.05, 4.69) is 23.6 Å². The zero-order valence-electron chi connectivity index (χ0n) is 29.4. The number of hydrogen-bond donors (Lipinski definition) is 2. The molecular weight excluding hydrogens is 689 g/mol. The predicted octanol–water partition coefficient (Wildman–Crippen LogP) is 7.86. The molecule has 2 N–H and O–H groups in total. The Kier molecular flexibility index (Phi) is 10.7. The molecular formula is C38H42N4O9S. The SMILES string of the molecule is CC1(C)/C(=C/C=C/C=C/C2N(Cc3cc([N+](=O)[O-])cc([N+](=O)[O-])c3)c3ccccc3C2(C)C)N(CCCCCC(=O)O)c2ccc(S(=O)(=O)O)cc21. The number of nitro groups is 2. The molecule has 14 heteroatoms. The van der Waals surface area contributed by atoms with E-state index in [1.165, 1.54) is 24.3 Å². The van der Waals surface area contributed by atoms with Crippen LogP contribution in [0.4, 0.5) is 22.7 Å². The molecule has 0 radical (unpaired) electrons. The van der Waals surface area contributed by atoms with Crippen LogP contribution in [0.25, 0.3) is 0 Å². The average Bonchev–Trinajstić information content (AvgIpc) is 3.41. The number of unbranched alkanes of at least 4 members (excludes halogenated alkanes) is 2. The van der Waals surface area contributed by atoms with Crippen LogP contribution in [0, 0.1) is 20.2 Å². The van der Waals surface area contributed by atoms with Gasteiger partial charge >= 0.3 is 5.97 Å². The lowest BCUT2D eigenvalue weighted by atomic mass is 9.80. The van der Waals surface area contributed by atoms with Gasteiger partial charge in [0.05, 0.1) is 26.9 Å². The molecule has 1 atom stereocenters. The second kappa shape index (κ2) is 14.7. The molecule has 274 valence electrons. The van der Waals surface area contributed by atoms with Crippen molar-refractivity contribution in [1.82, 2.24) is 0 Å². The summed E-state index contributed by atoms with van der Waals surface area (Å²) < 4.78 is 33.7. The van der Waals surface area contributed by atoms with Gasteiger partial charge in [0.15, 0.2) is 0 Å². The standard InChI is InChI=1S/C38H42N4O9S/c1-37(2)30-13-10-11-14-32(30)40(25-26-21-27(41(45)46)23-28(22-26)42(47)48)35(37)16-8-5-7-15-34-38(3,4)31-24-29(52(49,50)51)18-19-33(31)39(34)20-12-6-9-17-36(43)44/h5,7-8,10-11,13-16,18-19,21-24,35H,6,9,12,17,20,25H2,1-4H3,(H,43,44)(H,49,50,51)/b7-5+,16-8+,34-15-. The van der Waals surface area contributed by atoms with Crippen LogP contribution >= 0.6 is 0 Å². The van der Waals surface area contributed by atoms with Gasteiger partial charge in [0.25, 0.3) is 21.5 Å². The smallest absolute Gasteiger partial charge is 0.303 e. The molecule has 13 nitrogen and oxygen atoms in total. The number of fused-ring (bicyclic) bond motifs is 2. The lowest BCUT2D eigenvalue weighted by Crippen LogP contribution is -2.39. The molecule has 2 aliphatic heterocycles. The van der Waals surface area contributed by atoms with Crippen LogP contribution in [0.2, 0.25) is 0 Å². The van der Waals surface area contributed by atoms with E-state index in [-0.39, 0.29) is 40.7 Å². The monoisotopic (exact) mass is 730 g/mol. The van der Waals surface area contributed by atoms with Crippen LogP contribution in [0.3, 0.4) is 0 Å². The summed E-state index contributed by atoms with van der Waals surface area (Å²) in [5, 5.41) is 32.2. The van der Waals surface area contributed by atoms with Crippen LogP contribution in [0.1, 0.15) is 70.1 Å². The third kappa shape index (κ3) is 7.77. The van der Waals surface area contributed by atoms with Gasteiger partial charge in [-0.1, -0.05) is 76.6 Å². The van der Waals surface area contributed by atoms with Gasteiger partial charge in [-0.2, -0.15) is 8.42 Å². The van der Waals surface area contributed by atoms with Crippen molar-refractivity contribution in [1.29, 1.82) is 0 Å². The van der Waals surface area contributed by atoms with E-state index in [1.807, 2.05) is 68.5 Å². The van der Waals surface area contributed by atoms with E-state index in [9.17, 15) is 38.0 Å². The largest absolute Gasteiger partial charge is 0.481 e. The van der Waals surface area contributed by atoms with Crippen LogP contribution in [0.5, 0.6) is 0 Å². The van der Waals surface area contributed by atoms with Crippen molar-refractivity contribution in [3.05, 3.63) is 134 Å². The van der Waals surface area contributed by atoms with Gasteiger partial charge in [0, 0.05) is 59.5 Å². The number of nitrogens with zero attached hydrogens (tertiary/aromatic N) is 4. The van der Waals surface area contributed by atoms with Crippen LogP contribution in [0.15, 0.2) is 102 Å². The Labute approximate surface area is 302 Å². The fourth-order valence-corrected chi connectivity index (χ4v) is 7.82. The quantitative estimate of drug-likeness (QED) is 0.0541. The van der Waals surface area contributed by atoms with Crippen molar-refractivity contribution >= 4 is 38.8 Å². The van der Waals surface area contributed by atoms with Crippen LogP contribution < -0.4 is 9.80 Å². The highest BCUT2D eigenvalue weighted by atomic mass is 32.2. The predicted molar refractivity (Wildman–Crippen MR) is 198 cm³/mol. The maximum Gasteiger partial charge on any atom is 0.303 e. The van der Waals surface area contributed by atoms with E-state index >= 15 is 0 Å². The summed E-state index contributed by atoms with van der Waals surface area (Å²) in [6.45, 7) is 8.95. The zero-order valence-corrected chi connectivity index (χ0v) is 30.2. The van der Waals surface area contributed by atoms with Gasteiger partial charge in [-0.3, -0.25) is 29.6 Å². The van der Waals surface area contributed by atoms with E-state index in [0.717, 1.165) is 34.3 Å². The van der Waals surface area contributed by atoms with Gasteiger partial charge in [-0.25, -0.2) is 0 Å². The number of allylic oxidation sites excluding steroid dienone is 5. The molecule has 3 aromatic carbocycles. The molecule has 3 aromatic rings. The van der Waals surface area contributed by atoms with Gasteiger partial charge in [0.1, 0.15) is 0 Å². The highest BCUT2D eigenvalue weighted by Gasteiger charge is 2.43. The summed E-state index contributed by atoms with van der Waals surface area (Å²) in [4.78, 5) is 36.9. The number of carboxylic acid groups (broad SMARTS) is 1. The Morgan fingerprint density at radius 2 is 1.54 bits per heavy atom. The normalized spacial score (nSPS) is 18.3. The Morgan fingerprint density at radius 3 is 2.17 bits per heavy atom. The molecule has 0 spiro atoms. The Morgan fingerprint density at radius 1 is 0.865 bits per heavy atom. The van der Waals surface area contributed by atoms with E-state index in [1.54, 1.807) is 6.07 Å². The first-order valence-electron chi connectivity index (χ1n) is 16.9. The summed E-state index contributed by atoms with van der Waals surface area (Å²) in [5.74, 6) is -0.842. The highest BCUT2D eigenvalue weighted by molar-refractivity contribution is 7.85. The zero-order chi connectivity index (χ0) is 38.0. The van der Waals surface area contributed by atoms with E-state index < -0.39 is 31.3 Å². The molecule has 0 fully saturated rings. The number of aliphatic carboxylic acids is 1. The van der Waals surface area contributed by atoms with Gasteiger partial charge in [0.2, 0.25) is 0 Å². The number of rotatable bonds is 14. The maximum absolute atomic E-state index is 12.0. The van der Waals surface area contributed by atoms with Crippen molar-refractivity contribution in [2.45, 2.75) is 81.7 Å². The fraction of sp³-hybridized carbons (Fsp3) is 0.342. The number of benzene rings is 3. The second-order valence-corrected chi connectivity index (χ2v) is 15.6. The summed E-state index contributed by atoms with van der Waals surface area (Å²) in [6, 6.07) is 15.9. The summed E-state index contributed by atoms with van der Waals surface area (Å²) in [7, 11) is -4.42. The lowest BCUT2D eigenvalue weighted by Gasteiger charge is -2.32. The number of non-ortho nitro benzene ring substituents is 2. The molecule has 52 heavy (non-hydrogen) atoms. The summed E-state index contributed by atoms with van der Waals surface area (Å²) >= 11 is 0. The molecule has 5 rings (SSSR count). The lowest BCUT2D eigenvalue weighted by molar-refractivity contribution is -0.394. The van der Waals surface area contributed by atoms with Crippen LogP contribution in [-0.2, 0) is 32.3 Å². The van der Waals surface area contributed by atoms with Crippen molar-refractivity contribution in [2.24, 2.45) is 0 Å². The fourth-order valence-electron chi connectivity index (χ4n) is 7.31. The molecule has 0 saturated heterocycles. The molecule has 0 saturated carbocycles. The molecule has 2 heterocycles. The molecule has 0 aliphatic carbocycles. The first-order chi connectivity index (χ1) is 24.4. The van der Waals surface area contributed by atoms with Crippen molar-refractivity contribution < 1.29 is 32.7 Å². The molecule has 0 aromatic heterocycles. The minimum atomic E-state index is -4.42. The van der Waals surface area contributed by atoms with Gasteiger partial charge in [-0.15, -0.1) is 0 Å². The third-order valence-electron chi connectivity index (χ3n) is 9.92. The van der Waals surface area contributed by atoms with Crippen molar-refractivity contribution in [3.8, 4) is 0 Å². The Hall–Kier alpha value is -5.34. The summed E-state index contributed by atoms with van der Waals surface area (Å²) in [6.07, 6.45) is 11.7. The van der Waals surface area contributed by atoms with Crippen LogP contribution in [-0.4, -0.2) is 46.5 Å². The minimum Gasteiger partial charge on any atom is -0.481 e. The topological polar surface area (TPSA) is 184 Å². The molecule has 0 bridgehead atoms. The number of carbonyl (C=O) groups is 1. The maximum atomic E-state index is 12.0. The summed E-state index contributed by atoms with van der Waals surface area (Å²) in [5.41, 5.74) is 3.19.